The Balaban J connectivity index is 2.57. The summed E-state index contributed by atoms with van der Waals surface area (Å²) >= 11 is 0. The summed E-state index contributed by atoms with van der Waals surface area (Å²) in [6.07, 6.45) is 0. The Kier molecular flexibility index (Phi) is 1.64. The predicted molar refractivity (Wildman–Crippen MR) is 44.5 cm³/mol. The minimum absolute atomic E-state index is 0.777. The fourth-order valence-corrected chi connectivity index (χ4v) is 1.06. The van der Waals surface area contributed by atoms with E-state index in [2.05, 4.69) is 20.9 Å². The van der Waals surface area contributed by atoms with Gasteiger partial charge in [0.2, 0.25) is 0 Å². The number of para-hydroxylation sites is 1. The highest BCUT2D eigenvalue weighted by Crippen LogP contribution is 2.17. The van der Waals surface area contributed by atoms with E-state index < -0.39 is 0 Å². The summed E-state index contributed by atoms with van der Waals surface area (Å²) in [6, 6.07) is 5.63. The maximum atomic E-state index is 4.77. The predicted octanol–water partition coefficient (Wildman–Crippen LogP) is 0.931. The third-order valence-electron chi connectivity index (χ3n) is 1.56. The van der Waals surface area contributed by atoms with Gasteiger partial charge in [-0.1, -0.05) is 6.07 Å². The Bertz CT molecular complexity index is 384. The van der Waals surface area contributed by atoms with Gasteiger partial charge < -0.3 is 0 Å². The van der Waals surface area contributed by atoms with Crippen LogP contribution in [0.2, 0.25) is 0 Å². The van der Waals surface area contributed by atoms with Gasteiger partial charge in [-0.3, -0.25) is 10.3 Å². The van der Waals surface area contributed by atoms with E-state index in [4.69, 9.17) is 4.84 Å². The van der Waals surface area contributed by atoms with E-state index in [1.807, 2.05) is 18.2 Å². The van der Waals surface area contributed by atoms with Crippen LogP contribution in [0.5, 0.6) is 0 Å². The van der Waals surface area contributed by atoms with Crippen LogP contribution >= 0.6 is 0 Å². The zero-order valence-electron chi connectivity index (χ0n) is 6.53. The molecule has 0 radical (unpaired) electrons. The average molecular weight is 164 g/mol. The molecule has 0 unspecified atom stereocenters. The van der Waals surface area contributed by atoms with Gasteiger partial charge in [0.1, 0.15) is 11.0 Å². The topological polar surface area (TPSA) is 62.8 Å². The second-order valence-corrected chi connectivity index (χ2v) is 2.30. The molecular formula is C7H8N4O. The summed E-state index contributed by atoms with van der Waals surface area (Å²) < 4.78 is 0. The first-order valence-corrected chi connectivity index (χ1v) is 3.50. The number of hydrogen-bond acceptors (Lipinski definition) is 4. The number of benzene rings is 1. The van der Waals surface area contributed by atoms with Crippen molar-refractivity contribution in [3.63, 3.8) is 0 Å². The summed E-state index contributed by atoms with van der Waals surface area (Å²) in [5.74, 6) is 0. The second-order valence-electron chi connectivity index (χ2n) is 2.30. The summed E-state index contributed by atoms with van der Waals surface area (Å²) in [6.45, 7) is 0. The van der Waals surface area contributed by atoms with Crippen LogP contribution in [0.1, 0.15) is 0 Å². The van der Waals surface area contributed by atoms with E-state index in [1.54, 1.807) is 7.11 Å². The van der Waals surface area contributed by atoms with Crippen molar-refractivity contribution in [1.29, 1.82) is 0 Å². The zero-order chi connectivity index (χ0) is 8.39. The first kappa shape index (κ1) is 7.05. The Morgan fingerprint density at radius 1 is 1.42 bits per heavy atom. The van der Waals surface area contributed by atoms with E-state index in [-0.39, 0.29) is 0 Å². The first-order chi connectivity index (χ1) is 5.92. The Hall–Kier alpha value is -1.62. The maximum Gasteiger partial charge on any atom is 0.138 e. The van der Waals surface area contributed by atoms with Gasteiger partial charge in [-0.15, -0.1) is 0 Å². The van der Waals surface area contributed by atoms with Crippen LogP contribution in [0, 0.1) is 0 Å². The minimum atomic E-state index is 0.777. The summed E-state index contributed by atoms with van der Waals surface area (Å²) in [5.41, 5.74) is 5.12. The van der Waals surface area contributed by atoms with E-state index >= 15 is 0 Å². The van der Waals surface area contributed by atoms with Gasteiger partial charge in [0.05, 0.1) is 12.8 Å². The van der Waals surface area contributed by atoms with Crippen LogP contribution in [-0.2, 0) is 4.84 Å². The molecule has 0 fully saturated rings. The lowest BCUT2D eigenvalue weighted by molar-refractivity contribution is 0.271. The van der Waals surface area contributed by atoms with Crippen molar-refractivity contribution >= 4 is 16.7 Å². The van der Waals surface area contributed by atoms with Gasteiger partial charge >= 0.3 is 0 Å². The van der Waals surface area contributed by atoms with Gasteiger partial charge in [0.15, 0.2) is 0 Å². The van der Waals surface area contributed by atoms with Crippen LogP contribution < -0.4 is 5.48 Å². The Labute approximate surface area is 68.7 Å². The molecular weight excluding hydrogens is 156 g/mol. The van der Waals surface area contributed by atoms with Crippen molar-refractivity contribution < 1.29 is 4.84 Å². The lowest BCUT2D eigenvalue weighted by atomic mass is 10.3. The number of aromatic amines is 1. The molecule has 0 aliphatic rings. The molecule has 2 N–H and O–H groups in total. The molecule has 2 rings (SSSR count). The van der Waals surface area contributed by atoms with Crippen molar-refractivity contribution in [3.05, 3.63) is 18.2 Å². The molecule has 0 aliphatic carbocycles. The molecule has 1 heterocycles. The van der Waals surface area contributed by atoms with Crippen molar-refractivity contribution in [3.8, 4) is 0 Å². The number of nitrogens with zero attached hydrogens (tertiary/aromatic N) is 2. The fourth-order valence-electron chi connectivity index (χ4n) is 1.06. The van der Waals surface area contributed by atoms with Crippen molar-refractivity contribution in [1.82, 2.24) is 15.4 Å². The molecule has 1 aromatic heterocycles. The zero-order valence-corrected chi connectivity index (χ0v) is 6.53. The maximum absolute atomic E-state index is 4.77. The summed E-state index contributed by atoms with van der Waals surface area (Å²) in [7, 11) is 1.55. The number of aromatic nitrogens is 3. The van der Waals surface area contributed by atoms with E-state index in [1.165, 1.54) is 0 Å². The smallest absolute Gasteiger partial charge is 0.138 e. The first-order valence-electron chi connectivity index (χ1n) is 3.50. The van der Waals surface area contributed by atoms with E-state index in [9.17, 15) is 0 Å². The van der Waals surface area contributed by atoms with E-state index in [0.29, 0.717) is 0 Å². The SMILES string of the molecule is CONc1cccc2n[nH]nc12. The molecule has 0 spiro atoms. The number of nitrogens with one attached hydrogen (secondary N) is 2. The van der Waals surface area contributed by atoms with Crippen molar-refractivity contribution in [2.45, 2.75) is 0 Å². The lowest BCUT2D eigenvalue weighted by Crippen LogP contribution is -1.95. The molecule has 0 bridgehead atoms. The molecule has 0 amide bonds. The number of fused-ring (bicyclic) bond motifs is 1. The third kappa shape index (κ3) is 0.998. The molecule has 2 aromatic rings. The van der Waals surface area contributed by atoms with E-state index in [0.717, 1.165) is 16.7 Å². The minimum Gasteiger partial charge on any atom is -0.279 e. The molecule has 0 atom stereocenters. The quantitative estimate of drug-likeness (QED) is 0.648. The van der Waals surface area contributed by atoms with Gasteiger partial charge in [0.25, 0.3) is 0 Å². The fraction of sp³-hybridized carbons (Fsp3) is 0.143. The largest absolute Gasteiger partial charge is 0.279 e. The standard InChI is InChI=1S/C7H8N4O/c1-12-10-6-4-2-3-5-7(6)9-11-8-5/h2-4,10H,1H3,(H,8,9,11). The molecule has 1 aromatic carbocycles. The number of H-pyrrole nitrogens is 1. The van der Waals surface area contributed by atoms with Crippen LogP contribution in [0.4, 0.5) is 5.69 Å². The Morgan fingerprint density at radius 2 is 2.33 bits per heavy atom. The summed E-state index contributed by atoms with van der Waals surface area (Å²) in [5, 5.41) is 10.4. The molecule has 12 heavy (non-hydrogen) atoms. The molecule has 5 nitrogen and oxygen atoms in total. The highest BCUT2D eigenvalue weighted by Gasteiger charge is 2.02. The summed E-state index contributed by atoms with van der Waals surface area (Å²) in [4.78, 5) is 4.77. The second kappa shape index (κ2) is 2.78. The molecule has 5 heteroatoms. The number of anilines is 1. The van der Waals surface area contributed by atoms with Crippen LogP contribution in [0.3, 0.4) is 0 Å². The molecule has 0 saturated heterocycles. The Morgan fingerprint density at radius 3 is 3.17 bits per heavy atom. The average Bonchev–Trinajstić information content (AvgIpc) is 2.53. The van der Waals surface area contributed by atoms with Crippen molar-refractivity contribution in [2.75, 3.05) is 12.6 Å². The lowest BCUT2D eigenvalue weighted by Gasteiger charge is -2.01. The number of hydrogen-bond donors (Lipinski definition) is 2. The van der Waals surface area contributed by atoms with Gasteiger partial charge in [-0.25, -0.2) is 0 Å². The highest BCUT2D eigenvalue weighted by molar-refractivity contribution is 5.86. The third-order valence-corrected chi connectivity index (χ3v) is 1.56. The molecule has 0 saturated carbocycles. The van der Waals surface area contributed by atoms with Crippen LogP contribution in [0.25, 0.3) is 11.0 Å². The van der Waals surface area contributed by atoms with Crippen LogP contribution in [-0.4, -0.2) is 22.5 Å². The van der Waals surface area contributed by atoms with Gasteiger partial charge in [0, 0.05) is 0 Å². The van der Waals surface area contributed by atoms with Gasteiger partial charge in [-0.05, 0) is 12.1 Å². The van der Waals surface area contributed by atoms with Gasteiger partial charge in [-0.2, -0.15) is 15.4 Å². The van der Waals surface area contributed by atoms with Crippen LogP contribution in [0.15, 0.2) is 18.2 Å². The van der Waals surface area contributed by atoms with Crippen molar-refractivity contribution in [2.24, 2.45) is 0 Å². The number of rotatable bonds is 2. The normalized spacial score (nSPS) is 10.4. The molecule has 62 valence electrons. The highest BCUT2D eigenvalue weighted by atomic mass is 16.6. The molecule has 0 aliphatic heterocycles. The monoisotopic (exact) mass is 164 g/mol.